The second kappa shape index (κ2) is 7.26. The Labute approximate surface area is 149 Å². The van der Waals surface area contributed by atoms with Crippen LogP contribution in [0.25, 0.3) is 11.5 Å². The van der Waals surface area contributed by atoms with E-state index < -0.39 is 11.6 Å². The lowest BCUT2D eigenvalue weighted by molar-refractivity contribution is 0.103. The molecule has 0 saturated carbocycles. The van der Waals surface area contributed by atoms with E-state index in [2.05, 4.69) is 4.98 Å². The fourth-order valence-corrected chi connectivity index (χ4v) is 2.49. The first-order chi connectivity index (χ1) is 12.6. The zero-order valence-corrected chi connectivity index (χ0v) is 14.4. The molecule has 0 atom stereocenters. The maximum Gasteiger partial charge on any atom is 0.226 e. The van der Waals surface area contributed by atoms with Crippen molar-refractivity contribution in [2.45, 2.75) is 0 Å². The quantitative estimate of drug-likeness (QED) is 0.626. The van der Waals surface area contributed by atoms with Crippen molar-refractivity contribution in [2.24, 2.45) is 0 Å². The summed E-state index contributed by atoms with van der Waals surface area (Å²) in [5.74, 6) is 0.425. The van der Waals surface area contributed by atoms with E-state index in [4.69, 9.17) is 18.6 Å². The minimum absolute atomic E-state index is 0.0820. The number of carbonyl (C=O) groups excluding carboxylic acids is 1. The molecule has 0 aliphatic heterocycles. The molecule has 0 amide bonds. The van der Waals surface area contributed by atoms with Crippen LogP contribution in [-0.2, 0) is 0 Å². The van der Waals surface area contributed by atoms with Gasteiger partial charge in [0.25, 0.3) is 0 Å². The van der Waals surface area contributed by atoms with Gasteiger partial charge in [-0.3, -0.25) is 4.79 Å². The van der Waals surface area contributed by atoms with Gasteiger partial charge in [0, 0.05) is 11.1 Å². The Hall–Kier alpha value is -3.35. The van der Waals surface area contributed by atoms with E-state index in [0.717, 1.165) is 0 Å². The van der Waals surface area contributed by atoms with E-state index >= 15 is 0 Å². The van der Waals surface area contributed by atoms with Gasteiger partial charge in [-0.1, -0.05) is 6.07 Å². The van der Waals surface area contributed by atoms with Crippen molar-refractivity contribution in [2.75, 3.05) is 21.3 Å². The summed E-state index contributed by atoms with van der Waals surface area (Å²) in [7, 11) is 4.40. The highest BCUT2D eigenvalue weighted by atomic mass is 19.1. The van der Waals surface area contributed by atoms with Gasteiger partial charge in [0.1, 0.15) is 12.1 Å². The van der Waals surface area contributed by atoms with Gasteiger partial charge >= 0.3 is 0 Å². The number of nitrogens with zero attached hydrogens (tertiary/aromatic N) is 1. The molecule has 1 aromatic heterocycles. The number of ether oxygens (including phenoxy) is 3. The van der Waals surface area contributed by atoms with Gasteiger partial charge in [-0.05, 0) is 30.3 Å². The summed E-state index contributed by atoms with van der Waals surface area (Å²) < 4.78 is 34.4. The number of oxazole rings is 1. The Bertz CT molecular complexity index is 926. The number of ketones is 1. The van der Waals surface area contributed by atoms with Crippen molar-refractivity contribution >= 4 is 5.78 Å². The van der Waals surface area contributed by atoms with Crippen LogP contribution in [0.3, 0.4) is 0 Å². The van der Waals surface area contributed by atoms with Crippen LogP contribution in [0, 0.1) is 5.82 Å². The first kappa shape index (κ1) is 17.5. The SMILES string of the molecule is COc1cc(C(=O)c2coc(-c3cccc(F)c3)n2)cc(OC)c1OC. The average Bonchev–Trinajstić information content (AvgIpc) is 3.16. The van der Waals surface area contributed by atoms with Gasteiger partial charge in [-0.2, -0.15) is 0 Å². The number of halogens is 1. The lowest BCUT2D eigenvalue weighted by Gasteiger charge is -2.13. The second-order valence-corrected chi connectivity index (χ2v) is 5.29. The molecule has 0 unspecified atom stereocenters. The maximum atomic E-state index is 13.3. The van der Waals surface area contributed by atoms with Crippen molar-refractivity contribution in [3.05, 3.63) is 59.7 Å². The number of carbonyl (C=O) groups is 1. The molecule has 0 saturated heterocycles. The van der Waals surface area contributed by atoms with E-state index in [1.807, 2.05) is 0 Å². The van der Waals surface area contributed by atoms with Crippen molar-refractivity contribution < 1.29 is 27.8 Å². The van der Waals surface area contributed by atoms with Crippen LogP contribution in [0.15, 0.2) is 47.1 Å². The van der Waals surface area contributed by atoms with Gasteiger partial charge in [0.2, 0.25) is 17.4 Å². The van der Waals surface area contributed by atoms with Crippen molar-refractivity contribution in [1.29, 1.82) is 0 Å². The van der Waals surface area contributed by atoms with E-state index in [1.54, 1.807) is 6.07 Å². The smallest absolute Gasteiger partial charge is 0.226 e. The topological polar surface area (TPSA) is 70.8 Å². The molecule has 0 fully saturated rings. The van der Waals surface area contributed by atoms with E-state index in [1.165, 1.54) is 57.9 Å². The number of rotatable bonds is 6. The summed E-state index contributed by atoms with van der Waals surface area (Å²) in [6.07, 6.45) is 1.23. The lowest BCUT2D eigenvalue weighted by atomic mass is 10.1. The van der Waals surface area contributed by atoms with Crippen LogP contribution in [0.4, 0.5) is 4.39 Å². The van der Waals surface area contributed by atoms with Crippen LogP contribution in [-0.4, -0.2) is 32.1 Å². The number of hydrogen-bond donors (Lipinski definition) is 0. The maximum absolute atomic E-state index is 13.3. The standard InChI is InChI=1S/C19H16FNO5/c1-23-15-8-12(9-16(24-2)18(15)25-3)17(22)14-10-26-19(21-14)11-5-4-6-13(20)7-11/h4-10H,1-3H3. The molecule has 3 aromatic rings. The van der Waals surface area contributed by atoms with Crippen molar-refractivity contribution in [3.8, 4) is 28.7 Å². The van der Waals surface area contributed by atoms with Gasteiger partial charge in [-0.25, -0.2) is 9.37 Å². The summed E-state index contributed by atoms with van der Waals surface area (Å²) >= 11 is 0. The Morgan fingerprint density at radius 1 is 1.04 bits per heavy atom. The summed E-state index contributed by atoms with van der Waals surface area (Å²) in [4.78, 5) is 16.9. The molecule has 2 aromatic carbocycles. The third kappa shape index (κ3) is 3.23. The Morgan fingerprint density at radius 2 is 1.73 bits per heavy atom. The van der Waals surface area contributed by atoms with Crippen molar-refractivity contribution in [1.82, 2.24) is 4.98 Å². The molecular weight excluding hydrogens is 341 g/mol. The summed E-state index contributed by atoms with van der Waals surface area (Å²) in [6, 6.07) is 8.83. The van der Waals surface area contributed by atoms with Gasteiger partial charge in [-0.15, -0.1) is 0 Å². The fraction of sp³-hybridized carbons (Fsp3) is 0.158. The zero-order chi connectivity index (χ0) is 18.7. The molecule has 0 bridgehead atoms. The number of benzene rings is 2. The Kier molecular flexibility index (Phi) is 4.88. The van der Waals surface area contributed by atoms with Crippen molar-refractivity contribution in [3.63, 3.8) is 0 Å². The molecule has 3 rings (SSSR count). The van der Waals surface area contributed by atoms with E-state index in [-0.39, 0.29) is 11.6 Å². The molecule has 6 nitrogen and oxygen atoms in total. The number of aromatic nitrogens is 1. The molecule has 0 aliphatic rings. The van der Waals surface area contributed by atoms with Gasteiger partial charge in [0.15, 0.2) is 17.2 Å². The molecular formula is C19H16FNO5. The predicted molar refractivity (Wildman–Crippen MR) is 91.4 cm³/mol. The van der Waals surface area contributed by atoms with Crippen LogP contribution in [0.1, 0.15) is 16.1 Å². The molecule has 7 heteroatoms. The highest BCUT2D eigenvalue weighted by Crippen LogP contribution is 2.38. The first-order valence-electron chi connectivity index (χ1n) is 7.63. The van der Waals surface area contributed by atoms with E-state index in [9.17, 15) is 9.18 Å². The number of hydrogen-bond acceptors (Lipinski definition) is 6. The zero-order valence-electron chi connectivity index (χ0n) is 14.4. The van der Waals surface area contributed by atoms with Gasteiger partial charge < -0.3 is 18.6 Å². The Balaban J connectivity index is 1.98. The fourth-order valence-electron chi connectivity index (χ4n) is 2.49. The van der Waals surface area contributed by atoms with Gasteiger partial charge in [0.05, 0.1) is 21.3 Å². The normalized spacial score (nSPS) is 10.5. The third-order valence-corrected chi connectivity index (χ3v) is 3.74. The molecule has 1 heterocycles. The molecule has 0 N–H and O–H groups in total. The molecule has 0 radical (unpaired) electrons. The minimum atomic E-state index is -0.418. The highest BCUT2D eigenvalue weighted by molar-refractivity contribution is 6.08. The lowest BCUT2D eigenvalue weighted by Crippen LogP contribution is -2.04. The first-order valence-corrected chi connectivity index (χ1v) is 7.63. The molecule has 0 spiro atoms. The molecule has 26 heavy (non-hydrogen) atoms. The van der Waals surface area contributed by atoms with Crippen LogP contribution in [0.5, 0.6) is 17.2 Å². The average molecular weight is 357 g/mol. The highest BCUT2D eigenvalue weighted by Gasteiger charge is 2.21. The van der Waals surface area contributed by atoms with Crippen LogP contribution < -0.4 is 14.2 Å². The summed E-state index contributed by atoms with van der Waals surface area (Å²) in [6.45, 7) is 0. The predicted octanol–water partition coefficient (Wildman–Crippen LogP) is 3.74. The summed E-state index contributed by atoms with van der Waals surface area (Å²) in [5, 5.41) is 0. The van der Waals surface area contributed by atoms with E-state index in [0.29, 0.717) is 28.4 Å². The third-order valence-electron chi connectivity index (χ3n) is 3.74. The monoisotopic (exact) mass is 357 g/mol. The van der Waals surface area contributed by atoms with Crippen LogP contribution in [0.2, 0.25) is 0 Å². The number of methoxy groups -OCH3 is 3. The Morgan fingerprint density at radius 3 is 2.31 bits per heavy atom. The summed E-state index contributed by atoms with van der Waals surface area (Å²) in [5.41, 5.74) is 0.811. The van der Waals surface area contributed by atoms with Crippen LogP contribution >= 0.6 is 0 Å². The largest absolute Gasteiger partial charge is 0.493 e. The molecule has 134 valence electrons. The minimum Gasteiger partial charge on any atom is -0.493 e. The molecule has 0 aliphatic carbocycles. The second-order valence-electron chi connectivity index (χ2n) is 5.29.